The molecule has 1 rings (SSSR count). The molecule has 0 unspecified atom stereocenters. The molecular formula is C14H24N2O2. The summed E-state index contributed by atoms with van der Waals surface area (Å²) < 4.78 is 1.97. The van der Waals surface area contributed by atoms with Crippen LogP contribution in [0.3, 0.4) is 0 Å². The van der Waals surface area contributed by atoms with E-state index in [1.807, 2.05) is 22.9 Å². The summed E-state index contributed by atoms with van der Waals surface area (Å²) in [5, 5.41) is 9.06. The minimum Gasteiger partial charge on any atom is -0.395 e. The molecule has 0 bridgehead atoms. The molecule has 0 fully saturated rings. The number of amides is 1. The average Bonchev–Trinajstić information content (AvgIpc) is 2.82. The molecule has 1 N–H and O–H groups in total. The summed E-state index contributed by atoms with van der Waals surface area (Å²) in [4.78, 5) is 14.2. The Labute approximate surface area is 109 Å². The zero-order chi connectivity index (χ0) is 13.5. The summed E-state index contributed by atoms with van der Waals surface area (Å²) in [5.74, 6) is 0.0104. The van der Waals surface area contributed by atoms with Crippen LogP contribution in [0.2, 0.25) is 0 Å². The van der Waals surface area contributed by atoms with E-state index in [2.05, 4.69) is 20.8 Å². The normalized spacial score (nSPS) is 10.9. The van der Waals surface area contributed by atoms with Gasteiger partial charge in [-0.15, -0.1) is 0 Å². The third-order valence-corrected chi connectivity index (χ3v) is 2.99. The highest BCUT2D eigenvalue weighted by Crippen LogP contribution is 2.13. The molecule has 0 saturated heterocycles. The molecule has 0 aliphatic rings. The van der Waals surface area contributed by atoms with Gasteiger partial charge in [-0.3, -0.25) is 4.79 Å². The van der Waals surface area contributed by atoms with Gasteiger partial charge in [-0.25, -0.2) is 0 Å². The molecular weight excluding hydrogens is 228 g/mol. The van der Waals surface area contributed by atoms with Crippen molar-refractivity contribution < 1.29 is 9.90 Å². The summed E-state index contributed by atoms with van der Waals surface area (Å²) in [7, 11) is 0. The molecule has 0 spiro atoms. The Morgan fingerprint density at radius 2 is 2.17 bits per heavy atom. The highest BCUT2D eigenvalue weighted by atomic mass is 16.3. The maximum absolute atomic E-state index is 12.4. The molecule has 18 heavy (non-hydrogen) atoms. The maximum Gasteiger partial charge on any atom is 0.270 e. The van der Waals surface area contributed by atoms with Crippen LogP contribution >= 0.6 is 0 Å². The molecule has 1 amide bonds. The van der Waals surface area contributed by atoms with Crippen LogP contribution in [-0.4, -0.2) is 40.2 Å². The van der Waals surface area contributed by atoms with Crippen molar-refractivity contribution in [1.82, 2.24) is 9.47 Å². The molecule has 0 atom stereocenters. The zero-order valence-corrected chi connectivity index (χ0v) is 11.6. The molecule has 1 heterocycles. The first-order valence-corrected chi connectivity index (χ1v) is 6.68. The van der Waals surface area contributed by atoms with Crippen molar-refractivity contribution >= 4 is 5.91 Å². The number of aliphatic hydroxyl groups excluding tert-OH is 1. The topological polar surface area (TPSA) is 45.5 Å². The number of carbonyl (C=O) groups excluding carboxylic acids is 1. The third kappa shape index (κ3) is 3.60. The largest absolute Gasteiger partial charge is 0.395 e. The lowest BCUT2D eigenvalue weighted by molar-refractivity contribution is 0.0707. The van der Waals surface area contributed by atoms with E-state index < -0.39 is 0 Å². The van der Waals surface area contributed by atoms with E-state index in [0.29, 0.717) is 18.8 Å². The summed E-state index contributed by atoms with van der Waals surface area (Å²) in [6, 6.07) is 4.00. The average molecular weight is 252 g/mol. The molecule has 102 valence electrons. The quantitative estimate of drug-likeness (QED) is 0.809. The number of aromatic nitrogens is 1. The highest BCUT2D eigenvalue weighted by Gasteiger charge is 2.18. The van der Waals surface area contributed by atoms with E-state index in [1.165, 1.54) is 0 Å². The highest BCUT2D eigenvalue weighted by molar-refractivity contribution is 5.92. The van der Waals surface area contributed by atoms with Gasteiger partial charge >= 0.3 is 0 Å². The van der Waals surface area contributed by atoms with Crippen molar-refractivity contribution in [2.75, 3.05) is 19.7 Å². The summed E-state index contributed by atoms with van der Waals surface area (Å²) in [6.45, 7) is 7.33. The summed E-state index contributed by atoms with van der Waals surface area (Å²) in [5.41, 5.74) is 0.703. The fourth-order valence-corrected chi connectivity index (χ4v) is 1.97. The molecule has 0 saturated carbocycles. The number of unbranched alkanes of at least 4 members (excludes halogenated alkanes) is 1. The Hall–Kier alpha value is -1.29. The number of hydrogen-bond donors (Lipinski definition) is 1. The van der Waals surface area contributed by atoms with Gasteiger partial charge in [0.25, 0.3) is 5.91 Å². The van der Waals surface area contributed by atoms with Crippen LogP contribution in [-0.2, 0) is 0 Å². The van der Waals surface area contributed by atoms with Gasteiger partial charge in [0.15, 0.2) is 0 Å². The first kappa shape index (κ1) is 14.8. The molecule has 0 aromatic carbocycles. The van der Waals surface area contributed by atoms with Crippen molar-refractivity contribution in [2.45, 2.75) is 39.7 Å². The predicted molar refractivity (Wildman–Crippen MR) is 72.7 cm³/mol. The minimum atomic E-state index is 0.0104. The van der Waals surface area contributed by atoms with Gasteiger partial charge in [0.2, 0.25) is 0 Å². The molecule has 0 radical (unpaired) electrons. The second kappa shape index (κ2) is 7.21. The van der Waals surface area contributed by atoms with E-state index in [-0.39, 0.29) is 18.6 Å². The van der Waals surface area contributed by atoms with Gasteiger partial charge in [-0.2, -0.15) is 0 Å². The van der Waals surface area contributed by atoms with Crippen molar-refractivity contribution in [3.8, 4) is 0 Å². The van der Waals surface area contributed by atoms with Crippen LogP contribution in [0.1, 0.15) is 50.1 Å². The SMILES string of the molecule is CCCCN(CCO)C(=O)c1cccn1C(C)C. The van der Waals surface area contributed by atoms with Crippen LogP contribution in [0.25, 0.3) is 0 Å². The Kier molecular flexibility index (Phi) is 5.92. The van der Waals surface area contributed by atoms with Crippen molar-refractivity contribution in [3.63, 3.8) is 0 Å². The molecule has 4 heteroatoms. The lowest BCUT2D eigenvalue weighted by Gasteiger charge is -2.23. The molecule has 0 aliphatic heterocycles. The summed E-state index contributed by atoms with van der Waals surface area (Å²) >= 11 is 0. The van der Waals surface area contributed by atoms with Gasteiger partial charge in [0.05, 0.1) is 6.61 Å². The van der Waals surface area contributed by atoms with E-state index >= 15 is 0 Å². The van der Waals surface area contributed by atoms with Crippen molar-refractivity contribution in [1.29, 1.82) is 0 Å². The standard InChI is InChI=1S/C14H24N2O2/c1-4-5-8-15(10-11-17)14(18)13-7-6-9-16(13)12(2)3/h6-7,9,12,17H,4-5,8,10-11H2,1-3H3. The zero-order valence-electron chi connectivity index (χ0n) is 11.6. The van der Waals surface area contributed by atoms with Crippen molar-refractivity contribution in [2.24, 2.45) is 0 Å². The van der Waals surface area contributed by atoms with Gasteiger partial charge in [-0.1, -0.05) is 13.3 Å². The third-order valence-electron chi connectivity index (χ3n) is 2.99. The Bertz CT molecular complexity index is 372. The predicted octanol–water partition coefficient (Wildman–Crippen LogP) is 2.30. The van der Waals surface area contributed by atoms with Gasteiger partial charge in [-0.05, 0) is 32.4 Å². The number of carbonyl (C=O) groups is 1. The van der Waals surface area contributed by atoms with E-state index in [0.717, 1.165) is 12.8 Å². The lowest BCUT2D eigenvalue weighted by atomic mass is 10.2. The molecule has 1 aromatic rings. The monoisotopic (exact) mass is 252 g/mol. The Morgan fingerprint density at radius 3 is 2.72 bits per heavy atom. The number of hydrogen-bond acceptors (Lipinski definition) is 2. The molecule has 0 aliphatic carbocycles. The molecule has 1 aromatic heterocycles. The fourth-order valence-electron chi connectivity index (χ4n) is 1.97. The van der Waals surface area contributed by atoms with Crippen LogP contribution in [0.4, 0.5) is 0 Å². The van der Waals surface area contributed by atoms with Crippen LogP contribution < -0.4 is 0 Å². The smallest absolute Gasteiger partial charge is 0.270 e. The van der Waals surface area contributed by atoms with E-state index in [9.17, 15) is 4.79 Å². The lowest BCUT2D eigenvalue weighted by Crippen LogP contribution is -2.35. The minimum absolute atomic E-state index is 0.0104. The van der Waals surface area contributed by atoms with Gasteiger partial charge in [0.1, 0.15) is 5.69 Å². The summed E-state index contributed by atoms with van der Waals surface area (Å²) in [6.07, 6.45) is 3.93. The number of nitrogens with zero attached hydrogens (tertiary/aromatic N) is 2. The second-order valence-corrected chi connectivity index (χ2v) is 4.76. The van der Waals surface area contributed by atoms with Crippen molar-refractivity contribution in [3.05, 3.63) is 24.0 Å². The Balaban J connectivity index is 2.84. The van der Waals surface area contributed by atoms with Gasteiger partial charge in [0, 0.05) is 25.3 Å². The number of rotatable bonds is 7. The van der Waals surface area contributed by atoms with E-state index in [4.69, 9.17) is 5.11 Å². The molecule has 4 nitrogen and oxygen atoms in total. The number of aliphatic hydroxyl groups is 1. The van der Waals surface area contributed by atoms with Gasteiger partial charge < -0.3 is 14.6 Å². The van der Waals surface area contributed by atoms with E-state index in [1.54, 1.807) is 4.90 Å². The maximum atomic E-state index is 12.4. The van der Waals surface area contributed by atoms with Crippen LogP contribution in [0, 0.1) is 0 Å². The Morgan fingerprint density at radius 1 is 1.44 bits per heavy atom. The first-order chi connectivity index (χ1) is 8.61. The first-order valence-electron chi connectivity index (χ1n) is 6.68. The fraction of sp³-hybridized carbons (Fsp3) is 0.643. The second-order valence-electron chi connectivity index (χ2n) is 4.76. The van der Waals surface area contributed by atoms with Crippen LogP contribution in [0.5, 0.6) is 0 Å². The van der Waals surface area contributed by atoms with Crippen LogP contribution in [0.15, 0.2) is 18.3 Å².